The molecule has 1 aromatic heterocycles. The third-order valence-corrected chi connectivity index (χ3v) is 3.92. The summed E-state index contributed by atoms with van der Waals surface area (Å²) in [5.41, 5.74) is 0.381. The van der Waals surface area contributed by atoms with Crippen molar-refractivity contribution in [1.29, 1.82) is 0 Å². The van der Waals surface area contributed by atoms with Gasteiger partial charge in [0, 0.05) is 18.0 Å². The normalized spacial score (nSPS) is 11.2. The zero-order valence-electron chi connectivity index (χ0n) is 10.2. The van der Waals surface area contributed by atoms with Crippen molar-refractivity contribution in [1.82, 2.24) is 9.97 Å². The van der Waals surface area contributed by atoms with Gasteiger partial charge in [0.1, 0.15) is 0 Å². The first-order valence-electron chi connectivity index (χ1n) is 5.37. The lowest BCUT2D eigenvalue weighted by Crippen LogP contribution is -2.19. The molecule has 7 nitrogen and oxygen atoms in total. The van der Waals surface area contributed by atoms with Crippen molar-refractivity contribution in [2.24, 2.45) is 0 Å². The van der Waals surface area contributed by atoms with E-state index in [9.17, 15) is 13.2 Å². The number of nitrogens with zero attached hydrogens (tertiary/aromatic N) is 2. The van der Waals surface area contributed by atoms with Crippen LogP contribution in [-0.4, -0.2) is 47.5 Å². The summed E-state index contributed by atoms with van der Waals surface area (Å²) >= 11 is 0. The molecule has 0 spiro atoms. The average Bonchev–Trinajstić information content (AvgIpc) is 2.28. The molecule has 8 heteroatoms. The van der Waals surface area contributed by atoms with E-state index in [0.29, 0.717) is 5.69 Å². The van der Waals surface area contributed by atoms with E-state index in [-0.39, 0.29) is 29.7 Å². The van der Waals surface area contributed by atoms with Gasteiger partial charge in [0.15, 0.2) is 15.5 Å². The zero-order valence-corrected chi connectivity index (χ0v) is 11.0. The Kier molecular flexibility index (Phi) is 4.60. The van der Waals surface area contributed by atoms with Crippen LogP contribution in [0, 0.1) is 6.92 Å². The molecular weight excluding hydrogens is 258 g/mol. The lowest BCUT2D eigenvalue weighted by atomic mass is 10.3. The lowest BCUT2D eigenvalue weighted by Gasteiger charge is -2.06. The Morgan fingerprint density at radius 1 is 1.44 bits per heavy atom. The highest BCUT2D eigenvalue weighted by atomic mass is 32.2. The molecule has 0 saturated carbocycles. The molecule has 1 heterocycles. The molecule has 0 amide bonds. The molecule has 0 aliphatic heterocycles. The number of sulfone groups is 1. The van der Waals surface area contributed by atoms with Crippen LogP contribution in [0.3, 0.4) is 0 Å². The number of aromatic nitrogens is 2. The van der Waals surface area contributed by atoms with E-state index in [2.05, 4.69) is 15.3 Å². The van der Waals surface area contributed by atoms with Crippen molar-refractivity contribution in [2.45, 2.75) is 13.8 Å². The smallest absolute Gasteiger partial charge is 0.354 e. The molecule has 0 saturated heterocycles. The molecule has 0 atom stereocenters. The van der Waals surface area contributed by atoms with E-state index >= 15 is 0 Å². The van der Waals surface area contributed by atoms with Gasteiger partial charge >= 0.3 is 5.97 Å². The standard InChI is InChI=1S/C10H15N3O4S/c1-3-18(16,17)5-4-11-10-12-7(2)6-8(13-10)9(14)15/h6H,3-5H2,1-2H3,(H,14,15)(H,11,12,13). The Labute approximate surface area is 105 Å². The molecule has 1 aromatic rings. The predicted molar refractivity (Wildman–Crippen MR) is 66.5 cm³/mol. The topological polar surface area (TPSA) is 109 Å². The third-order valence-electron chi connectivity index (χ3n) is 2.21. The van der Waals surface area contributed by atoms with Gasteiger partial charge in [0.05, 0.1) is 5.75 Å². The molecule has 0 bridgehead atoms. The van der Waals surface area contributed by atoms with Crippen molar-refractivity contribution >= 4 is 21.8 Å². The van der Waals surface area contributed by atoms with E-state index in [1.807, 2.05) is 0 Å². The second-order valence-electron chi connectivity index (χ2n) is 3.69. The van der Waals surface area contributed by atoms with Crippen LogP contribution in [0.5, 0.6) is 0 Å². The third kappa shape index (κ3) is 4.28. The maximum absolute atomic E-state index is 11.3. The fourth-order valence-electron chi connectivity index (χ4n) is 1.22. The maximum atomic E-state index is 11.3. The number of carbonyl (C=O) groups is 1. The molecule has 0 radical (unpaired) electrons. The Hall–Kier alpha value is -1.70. The molecule has 0 unspecified atom stereocenters. The first kappa shape index (κ1) is 14.4. The fraction of sp³-hybridized carbons (Fsp3) is 0.500. The maximum Gasteiger partial charge on any atom is 0.354 e. The summed E-state index contributed by atoms with van der Waals surface area (Å²) < 4.78 is 22.5. The molecule has 18 heavy (non-hydrogen) atoms. The van der Waals surface area contributed by atoms with Crippen molar-refractivity contribution in [3.05, 3.63) is 17.5 Å². The molecule has 100 valence electrons. The molecule has 0 aliphatic carbocycles. The monoisotopic (exact) mass is 273 g/mol. The van der Waals surface area contributed by atoms with Crippen molar-refractivity contribution in [2.75, 3.05) is 23.4 Å². The van der Waals surface area contributed by atoms with Gasteiger partial charge in [-0.15, -0.1) is 0 Å². The van der Waals surface area contributed by atoms with E-state index in [1.54, 1.807) is 13.8 Å². The number of nitrogens with one attached hydrogen (secondary N) is 1. The van der Waals surface area contributed by atoms with Gasteiger partial charge in [-0.1, -0.05) is 6.92 Å². The van der Waals surface area contributed by atoms with Crippen LogP contribution in [0.2, 0.25) is 0 Å². The minimum absolute atomic E-state index is 0.0385. The minimum atomic E-state index is -3.06. The quantitative estimate of drug-likeness (QED) is 0.768. The molecule has 0 aliphatic rings. The summed E-state index contributed by atoms with van der Waals surface area (Å²) in [5.74, 6) is -0.990. The van der Waals surface area contributed by atoms with Crippen LogP contribution >= 0.6 is 0 Å². The van der Waals surface area contributed by atoms with Gasteiger partial charge in [-0.2, -0.15) is 0 Å². The van der Waals surface area contributed by atoms with Crippen LogP contribution in [0.4, 0.5) is 5.95 Å². The number of aromatic carboxylic acids is 1. The molecule has 0 aromatic carbocycles. The van der Waals surface area contributed by atoms with Crippen molar-refractivity contribution in [3.8, 4) is 0 Å². The van der Waals surface area contributed by atoms with Gasteiger partial charge in [0.25, 0.3) is 0 Å². The number of rotatable bonds is 6. The van der Waals surface area contributed by atoms with Gasteiger partial charge in [-0.3, -0.25) is 0 Å². The van der Waals surface area contributed by atoms with Crippen LogP contribution in [0.1, 0.15) is 23.1 Å². The molecular formula is C10H15N3O4S. The van der Waals surface area contributed by atoms with E-state index in [4.69, 9.17) is 5.11 Å². The second-order valence-corrected chi connectivity index (χ2v) is 6.16. The van der Waals surface area contributed by atoms with E-state index in [1.165, 1.54) is 6.07 Å². The number of anilines is 1. The van der Waals surface area contributed by atoms with Crippen LogP contribution < -0.4 is 5.32 Å². The highest BCUT2D eigenvalue weighted by molar-refractivity contribution is 7.91. The van der Waals surface area contributed by atoms with Crippen LogP contribution in [-0.2, 0) is 9.84 Å². The van der Waals surface area contributed by atoms with Crippen molar-refractivity contribution < 1.29 is 18.3 Å². The first-order valence-corrected chi connectivity index (χ1v) is 7.19. The highest BCUT2D eigenvalue weighted by Gasteiger charge is 2.10. The van der Waals surface area contributed by atoms with Gasteiger partial charge in [-0.05, 0) is 13.0 Å². The van der Waals surface area contributed by atoms with E-state index in [0.717, 1.165) is 0 Å². The summed E-state index contributed by atoms with van der Waals surface area (Å²) in [4.78, 5) is 18.5. The summed E-state index contributed by atoms with van der Waals surface area (Å²) in [6.07, 6.45) is 0. The average molecular weight is 273 g/mol. The summed E-state index contributed by atoms with van der Waals surface area (Å²) in [7, 11) is -3.06. The van der Waals surface area contributed by atoms with Gasteiger partial charge in [0.2, 0.25) is 5.95 Å². The van der Waals surface area contributed by atoms with Crippen molar-refractivity contribution in [3.63, 3.8) is 0 Å². The minimum Gasteiger partial charge on any atom is -0.477 e. The number of aryl methyl sites for hydroxylation is 1. The highest BCUT2D eigenvalue weighted by Crippen LogP contribution is 2.04. The molecule has 0 fully saturated rings. The SMILES string of the molecule is CCS(=O)(=O)CCNc1nc(C)cc(C(=O)O)n1. The first-order chi connectivity index (χ1) is 8.34. The number of carboxylic acids is 1. The predicted octanol–water partition coefficient (Wildman–Crippen LogP) is 0.330. The summed E-state index contributed by atoms with van der Waals surface area (Å²) in [6, 6.07) is 1.34. The van der Waals surface area contributed by atoms with Gasteiger partial charge < -0.3 is 10.4 Å². The second kappa shape index (κ2) is 5.76. The van der Waals surface area contributed by atoms with Crippen LogP contribution in [0.25, 0.3) is 0 Å². The summed E-state index contributed by atoms with van der Waals surface area (Å²) in [6.45, 7) is 3.36. The van der Waals surface area contributed by atoms with Crippen LogP contribution in [0.15, 0.2) is 6.07 Å². The largest absolute Gasteiger partial charge is 0.477 e. The number of hydrogen-bond donors (Lipinski definition) is 2. The Morgan fingerprint density at radius 3 is 2.67 bits per heavy atom. The molecule has 2 N–H and O–H groups in total. The lowest BCUT2D eigenvalue weighted by molar-refractivity contribution is 0.0690. The molecule has 1 rings (SSSR count). The fourth-order valence-corrected chi connectivity index (χ4v) is 1.92. The Balaban J connectivity index is 2.71. The van der Waals surface area contributed by atoms with E-state index < -0.39 is 15.8 Å². The van der Waals surface area contributed by atoms with Gasteiger partial charge in [-0.25, -0.2) is 23.2 Å². The number of hydrogen-bond acceptors (Lipinski definition) is 6. The zero-order chi connectivity index (χ0) is 13.8. The number of carboxylic acid groups (broad SMARTS) is 1. The summed E-state index contributed by atoms with van der Waals surface area (Å²) in [5, 5.41) is 11.5. The Morgan fingerprint density at radius 2 is 2.11 bits per heavy atom. The Bertz CT molecular complexity index is 542.